The van der Waals surface area contributed by atoms with Crippen LogP contribution in [-0.4, -0.2) is 36.3 Å². The van der Waals surface area contributed by atoms with Gasteiger partial charge in [0.25, 0.3) is 0 Å². The van der Waals surface area contributed by atoms with Crippen molar-refractivity contribution in [3.63, 3.8) is 0 Å². The van der Waals surface area contributed by atoms with Gasteiger partial charge in [-0.1, -0.05) is 30.3 Å². The SMILES string of the molecule is O=C(Cc1cccc(F)c1)N1CCC2(CC1)CCN(c1ccccc1)C2=O. The summed E-state index contributed by atoms with van der Waals surface area (Å²) < 4.78 is 13.3. The second-order valence-electron chi connectivity index (χ2n) is 7.51. The van der Waals surface area contributed by atoms with E-state index in [1.807, 2.05) is 40.1 Å². The van der Waals surface area contributed by atoms with Crippen LogP contribution in [0.1, 0.15) is 24.8 Å². The molecule has 4 rings (SSSR count). The third-order valence-electron chi connectivity index (χ3n) is 5.90. The van der Waals surface area contributed by atoms with Crippen LogP contribution in [0.4, 0.5) is 10.1 Å². The van der Waals surface area contributed by atoms with Crippen molar-refractivity contribution in [2.75, 3.05) is 24.5 Å². The highest BCUT2D eigenvalue weighted by atomic mass is 19.1. The van der Waals surface area contributed by atoms with Gasteiger partial charge in [0.15, 0.2) is 0 Å². The number of hydrogen-bond donors (Lipinski definition) is 0. The molecule has 140 valence electrons. The second kappa shape index (κ2) is 7.14. The van der Waals surface area contributed by atoms with E-state index in [1.165, 1.54) is 12.1 Å². The largest absolute Gasteiger partial charge is 0.342 e. The Morgan fingerprint density at radius 1 is 0.963 bits per heavy atom. The lowest BCUT2D eigenvalue weighted by Crippen LogP contribution is -2.47. The van der Waals surface area contributed by atoms with Gasteiger partial charge in [-0.25, -0.2) is 4.39 Å². The molecule has 1 spiro atoms. The van der Waals surface area contributed by atoms with E-state index in [-0.39, 0.29) is 29.5 Å². The van der Waals surface area contributed by atoms with Gasteiger partial charge in [-0.3, -0.25) is 9.59 Å². The third-order valence-corrected chi connectivity index (χ3v) is 5.90. The summed E-state index contributed by atoms with van der Waals surface area (Å²) in [5.74, 6) is -0.137. The second-order valence-corrected chi connectivity index (χ2v) is 7.51. The standard InChI is InChI=1S/C22H23FN2O2/c23-18-6-4-5-17(15-18)16-20(26)24-12-9-22(10-13-24)11-14-25(21(22)27)19-7-2-1-3-8-19/h1-8,15H,9-14,16H2. The molecule has 2 aliphatic rings. The first-order valence-electron chi connectivity index (χ1n) is 9.47. The Balaban J connectivity index is 1.38. The monoisotopic (exact) mass is 366 g/mol. The Morgan fingerprint density at radius 2 is 1.67 bits per heavy atom. The fourth-order valence-corrected chi connectivity index (χ4v) is 4.26. The maximum Gasteiger partial charge on any atom is 0.233 e. The summed E-state index contributed by atoms with van der Waals surface area (Å²) in [6, 6.07) is 15.9. The lowest BCUT2D eigenvalue weighted by atomic mass is 9.77. The predicted molar refractivity (Wildman–Crippen MR) is 102 cm³/mol. The molecule has 2 aromatic carbocycles. The highest BCUT2D eigenvalue weighted by molar-refractivity contribution is 6.00. The maximum absolute atomic E-state index is 13.3. The minimum absolute atomic E-state index is 0.000751. The quantitative estimate of drug-likeness (QED) is 0.835. The highest BCUT2D eigenvalue weighted by Crippen LogP contribution is 2.43. The zero-order chi connectivity index (χ0) is 18.9. The van der Waals surface area contributed by atoms with Crippen LogP contribution in [-0.2, 0) is 16.0 Å². The summed E-state index contributed by atoms with van der Waals surface area (Å²) in [7, 11) is 0. The third kappa shape index (κ3) is 3.46. The van der Waals surface area contributed by atoms with Crippen LogP contribution in [0.3, 0.4) is 0 Å². The molecular weight excluding hydrogens is 343 g/mol. The van der Waals surface area contributed by atoms with Crippen molar-refractivity contribution in [1.29, 1.82) is 0 Å². The smallest absolute Gasteiger partial charge is 0.233 e. The van der Waals surface area contributed by atoms with Gasteiger partial charge in [-0.05, 0) is 49.1 Å². The Kier molecular flexibility index (Phi) is 4.68. The summed E-state index contributed by atoms with van der Waals surface area (Å²) >= 11 is 0. The molecule has 5 heteroatoms. The van der Waals surface area contributed by atoms with E-state index < -0.39 is 0 Å². The number of likely N-dealkylation sites (tertiary alicyclic amines) is 1. The average Bonchev–Trinajstić information content (AvgIpc) is 2.99. The minimum atomic E-state index is -0.342. The van der Waals surface area contributed by atoms with Crippen molar-refractivity contribution in [3.05, 3.63) is 66.0 Å². The number of anilines is 1. The maximum atomic E-state index is 13.3. The number of halogens is 1. The van der Waals surface area contributed by atoms with Gasteiger partial charge in [0.05, 0.1) is 11.8 Å². The minimum Gasteiger partial charge on any atom is -0.342 e. The van der Waals surface area contributed by atoms with Crippen LogP contribution < -0.4 is 4.90 Å². The van der Waals surface area contributed by atoms with E-state index in [0.29, 0.717) is 31.5 Å². The van der Waals surface area contributed by atoms with Crippen LogP contribution in [0.25, 0.3) is 0 Å². The first-order valence-corrected chi connectivity index (χ1v) is 9.47. The molecule has 0 aliphatic carbocycles. The number of amides is 2. The van der Waals surface area contributed by atoms with Crippen LogP contribution in [0.15, 0.2) is 54.6 Å². The van der Waals surface area contributed by atoms with Gasteiger partial charge in [-0.2, -0.15) is 0 Å². The number of hydrogen-bond acceptors (Lipinski definition) is 2. The molecule has 2 heterocycles. The summed E-state index contributed by atoms with van der Waals surface area (Å²) in [6.45, 7) is 1.91. The molecule has 0 unspecified atom stereocenters. The number of nitrogens with zero attached hydrogens (tertiary/aromatic N) is 2. The molecule has 2 saturated heterocycles. The molecule has 0 saturated carbocycles. The number of rotatable bonds is 3. The first kappa shape index (κ1) is 17.7. The molecule has 2 fully saturated rings. The van der Waals surface area contributed by atoms with Crippen molar-refractivity contribution in [1.82, 2.24) is 4.90 Å². The number of piperidine rings is 1. The Hall–Kier alpha value is -2.69. The van der Waals surface area contributed by atoms with Crippen LogP contribution in [0.5, 0.6) is 0 Å². The van der Waals surface area contributed by atoms with Gasteiger partial charge in [0.2, 0.25) is 11.8 Å². The van der Waals surface area contributed by atoms with E-state index in [2.05, 4.69) is 0 Å². The molecule has 0 N–H and O–H groups in total. The Morgan fingerprint density at radius 3 is 2.37 bits per heavy atom. The number of carbonyl (C=O) groups excluding carboxylic acids is 2. The van der Waals surface area contributed by atoms with Crippen LogP contribution >= 0.6 is 0 Å². The molecule has 2 amide bonds. The molecule has 0 atom stereocenters. The molecule has 4 nitrogen and oxygen atoms in total. The van der Waals surface area contributed by atoms with Gasteiger partial charge in [-0.15, -0.1) is 0 Å². The molecule has 0 bridgehead atoms. The van der Waals surface area contributed by atoms with E-state index in [9.17, 15) is 14.0 Å². The predicted octanol–water partition coefficient (Wildman–Crippen LogP) is 3.41. The van der Waals surface area contributed by atoms with E-state index >= 15 is 0 Å². The van der Waals surface area contributed by atoms with Gasteiger partial charge in [0.1, 0.15) is 5.82 Å². The lowest BCUT2D eigenvalue weighted by molar-refractivity contribution is -0.137. The summed E-state index contributed by atoms with van der Waals surface area (Å²) in [4.78, 5) is 29.3. The zero-order valence-electron chi connectivity index (χ0n) is 15.2. The van der Waals surface area contributed by atoms with Crippen LogP contribution in [0, 0.1) is 11.2 Å². The van der Waals surface area contributed by atoms with E-state index in [4.69, 9.17) is 0 Å². The van der Waals surface area contributed by atoms with Crippen molar-refractivity contribution < 1.29 is 14.0 Å². The zero-order valence-corrected chi connectivity index (χ0v) is 15.2. The fraction of sp³-hybridized carbons (Fsp3) is 0.364. The van der Waals surface area contributed by atoms with Crippen molar-refractivity contribution in [2.24, 2.45) is 5.41 Å². The Bertz CT molecular complexity index is 844. The molecular formula is C22H23FN2O2. The number of para-hydroxylation sites is 1. The average molecular weight is 366 g/mol. The van der Waals surface area contributed by atoms with Crippen molar-refractivity contribution >= 4 is 17.5 Å². The van der Waals surface area contributed by atoms with Crippen molar-refractivity contribution in [2.45, 2.75) is 25.7 Å². The van der Waals surface area contributed by atoms with E-state index in [1.54, 1.807) is 12.1 Å². The van der Waals surface area contributed by atoms with Gasteiger partial charge < -0.3 is 9.80 Å². The molecule has 2 aromatic rings. The Labute approximate surface area is 158 Å². The summed E-state index contributed by atoms with van der Waals surface area (Å²) in [5.41, 5.74) is 1.29. The van der Waals surface area contributed by atoms with E-state index in [0.717, 1.165) is 18.7 Å². The highest BCUT2D eigenvalue weighted by Gasteiger charge is 2.48. The topological polar surface area (TPSA) is 40.6 Å². The number of benzene rings is 2. The number of carbonyl (C=O) groups is 2. The molecule has 0 aromatic heterocycles. The lowest BCUT2D eigenvalue weighted by Gasteiger charge is -2.38. The van der Waals surface area contributed by atoms with Crippen LogP contribution in [0.2, 0.25) is 0 Å². The molecule has 2 aliphatic heterocycles. The fourth-order valence-electron chi connectivity index (χ4n) is 4.26. The summed E-state index contributed by atoms with van der Waals surface area (Å²) in [5, 5.41) is 0. The molecule has 27 heavy (non-hydrogen) atoms. The van der Waals surface area contributed by atoms with Crippen molar-refractivity contribution in [3.8, 4) is 0 Å². The first-order chi connectivity index (χ1) is 13.1. The normalized spacial score (nSPS) is 18.9. The van der Waals surface area contributed by atoms with Gasteiger partial charge in [0, 0.05) is 25.3 Å². The summed E-state index contributed by atoms with van der Waals surface area (Å²) in [6.07, 6.45) is 2.44. The molecule has 0 radical (unpaired) electrons. The van der Waals surface area contributed by atoms with Gasteiger partial charge >= 0.3 is 0 Å².